The van der Waals surface area contributed by atoms with Crippen LogP contribution in [0.3, 0.4) is 0 Å². The average molecular weight is 221 g/mol. The second-order valence-electron chi connectivity index (χ2n) is 4.76. The number of fused-ring (bicyclic) bond motifs is 3. The monoisotopic (exact) mass is 221 g/mol. The summed E-state index contributed by atoms with van der Waals surface area (Å²) in [5.41, 5.74) is 0. The maximum absolute atomic E-state index is 3.48. The van der Waals surface area contributed by atoms with E-state index in [1.54, 1.807) is 0 Å². The van der Waals surface area contributed by atoms with E-state index in [0.29, 0.717) is 12.1 Å². The predicted octanol–water partition coefficient (Wildman–Crippen LogP) is 0.378. The first kappa shape index (κ1) is 11.9. The molecule has 2 atom stereocenters. The van der Waals surface area contributed by atoms with Crippen molar-refractivity contribution in [1.29, 1.82) is 0 Å². The smallest absolute Gasteiger partial charge is 0.0377 e. The summed E-state index contributed by atoms with van der Waals surface area (Å²) in [4.78, 5) is 5.25. The van der Waals surface area contributed by atoms with Crippen molar-refractivity contribution in [2.24, 2.45) is 0 Å². The molecular weight excluding hydrogens is 198 g/mol. The van der Waals surface area contributed by atoms with E-state index in [9.17, 15) is 0 Å². The van der Waals surface area contributed by atoms with E-state index in [2.05, 4.69) is 34.0 Å². The molecule has 3 nitrogen and oxygen atoms in total. The minimum atomic E-state index is 0.601. The van der Waals surface area contributed by atoms with Crippen LogP contribution >= 0.6 is 0 Å². The second kappa shape index (κ2) is 5.67. The highest BCUT2D eigenvalue weighted by atomic mass is 15.4. The summed E-state index contributed by atoms with van der Waals surface area (Å²) in [6, 6.07) is 1.30. The molecule has 2 unspecified atom stereocenters. The van der Waals surface area contributed by atoms with Gasteiger partial charge in [-0.1, -0.05) is 0 Å². The number of nitrogens with zero attached hydrogens (tertiary/aromatic N) is 2. The molecule has 3 rings (SSSR count). The fourth-order valence-corrected chi connectivity index (χ4v) is 2.92. The summed E-state index contributed by atoms with van der Waals surface area (Å²) in [6.45, 7) is 8.20. The molecule has 3 fully saturated rings. The van der Waals surface area contributed by atoms with Gasteiger partial charge in [0.1, 0.15) is 0 Å². The molecule has 3 aliphatic rings. The lowest BCUT2D eigenvalue weighted by Crippen LogP contribution is -2.66. The normalized spacial score (nSPS) is 34.2. The van der Waals surface area contributed by atoms with Gasteiger partial charge in [-0.05, 0) is 20.4 Å². The van der Waals surface area contributed by atoms with Crippen molar-refractivity contribution in [2.45, 2.75) is 31.8 Å². The lowest BCUT2D eigenvalue weighted by atomic mass is 9.96. The highest BCUT2D eigenvalue weighted by Gasteiger charge is 2.35. The van der Waals surface area contributed by atoms with Crippen LogP contribution in [0.1, 0.15) is 19.8 Å². The van der Waals surface area contributed by atoms with Crippen LogP contribution in [0.4, 0.5) is 0 Å². The summed E-state index contributed by atoms with van der Waals surface area (Å²) in [7, 11) is 2.09. The summed E-state index contributed by atoms with van der Waals surface area (Å²) >= 11 is 0. The number of likely N-dealkylation sites (N-methyl/N-ethyl adjacent to an activating group) is 1. The summed E-state index contributed by atoms with van der Waals surface area (Å²) in [6.07, 6.45) is 2.19. The Kier molecular flexibility index (Phi) is 4.22. The molecule has 0 aliphatic carbocycles. The molecule has 0 radical (unpaired) electrons. The summed E-state index contributed by atoms with van der Waals surface area (Å²) < 4.78 is 0. The fraction of sp³-hybridized carbons (Fsp3) is 0.846. The number of nitrogens with one attached hydrogen (secondary N) is 1. The molecule has 3 saturated heterocycles. The van der Waals surface area contributed by atoms with Crippen molar-refractivity contribution in [3.8, 4) is 11.8 Å². The third kappa shape index (κ3) is 2.57. The molecule has 3 heterocycles. The van der Waals surface area contributed by atoms with Crippen molar-refractivity contribution >= 4 is 0 Å². The van der Waals surface area contributed by atoms with Gasteiger partial charge < -0.3 is 5.32 Å². The van der Waals surface area contributed by atoms with Gasteiger partial charge in [0.05, 0.1) is 0 Å². The Balaban J connectivity index is 1.89. The second-order valence-corrected chi connectivity index (χ2v) is 4.76. The average Bonchev–Trinajstić information content (AvgIpc) is 2.36. The van der Waals surface area contributed by atoms with Gasteiger partial charge in [-0.25, -0.2) is 0 Å². The van der Waals surface area contributed by atoms with Crippen molar-refractivity contribution in [1.82, 2.24) is 15.1 Å². The zero-order chi connectivity index (χ0) is 11.4. The van der Waals surface area contributed by atoms with E-state index in [-0.39, 0.29) is 0 Å². The first-order valence-electron chi connectivity index (χ1n) is 6.38. The fourth-order valence-electron chi connectivity index (χ4n) is 2.92. The molecular formula is C13H23N3. The van der Waals surface area contributed by atoms with Gasteiger partial charge in [0.2, 0.25) is 0 Å². The lowest BCUT2D eigenvalue weighted by Gasteiger charge is -2.50. The Morgan fingerprint density at radius 3 is 2.56 bits per heavy atom. The largest absolute Gasteiger partial charge is 0.315 e. The Morgan fingerprint density at radius 1 is 1.31 bits per heavy atom. The van der Waals surface area contributed by atoms with Gasteiger partial charge >= 0.3 is 0 Å². The molecule has 1 N–H and O–H groups in total. The molecule has 0 aromatic rings. The summed E-state index contributed by atoms with van der Waals surface area (Å²) in [5.74, 6) is 6.16. The molecule has 0 saturated carbocycles. The quantitative estimate of drug-likeness (QED) is 0.692. The molecule has 90 valence electrons. The van der Waals surface area contributed by atoms with Crippen LogP contribution in [0.2, 0.25) is 0 Å². The lowest BCUT2D eigenvalue weighted by molar-refractivity contribution is -0.00309. The first-order chi connectivity index (χ1) is 7.85. The van der Waals surface area contributed by atoms with Crippen molar-refractivity contribution in [2.75, 3.05) is 39.8 Å². The molecule has 0 spiro atoms. The molecule has 0 aromatic carbocycles. The third-order valence-corrected chi connectivity index (χ3v) is 3.91. The Hall–Kier alpha value is -0.560. The Bertz CT molecular complexity index is 271. The minimum Gasteiger partial charge on any atom is -0.315 e. The molecule has 0 aromatic heterocycles. The van der Waals surface area contributed by atoms with Crippen LogP contribution in [0.25, 0.3) is 0 Å². The Labute approximate surface area is 99.2 Å². The summed E-state index contributed by atoms with van der Waals surface area (Å²) in [5, 5.41) is 3.48. The van der Waals surface area contributed by atoms with Crippen LogP contribution in [0.15, 0.2) is 0 Å². The van der Waals surface area contributed by atoms with E-state index in [1.165, 1.54) is 39.1 Å². The van der Waals surface area contributed by atoms with Crippen molar-refractivity contribution < 1.29 is 0 Å². The number of piperazine rings is 3. The van der Waals surface area contributed by atoms with Gasteiger partial charge in [0, 0.05) is 51.2 Å². The maximum atomic E-state index is 3.48. The van der Waals surface area contributed by atoms with E-state index in [1.807, 2.05) is 6.92 Å². The van der Waals surface area contributed by atoms with Crippen LogP contribution in [0.5, 0.6) is 0 Å². The van der Waals surface area contributed by atoms with Gasteiger partial charge in [0.25, 0.3) is 0 Å². The van der Waals surface area contributed by atoms with Gasteiger partial charge in [-0.3, -0.25) is 9.80 Å². The first-order valence-corrected chi connectivity index (χ1v) is 6.38. The number of rotatable bonds is 4. The van der Waals surface area contributed by atoms with Crippen molar-refractivity contribution in [3.63, 3.8) is 0 Å². The highest BCUT2D eigenvalue weighted by molar-refractivity contribution is 4.99. The van der Waals surface area contributed by atoms with E-state index >= 15 is 0 Å². The van der Waals surface area contributed by atoms with Crippen LogP contribution < -0.4 is 5.32 Å². The molecule has 3 heteroatoms. The number of hydrogen-bond acceptors (Lipinski definition) is 3. The number of hydrogen-bond donors (Lipinski definition) is 1. The highest BCUT2D eigenvalue weighted by Crippen LogP contribution is 2.20. The van der Waals surface area contributed by atoms with E-state index in [0.717, 1.165) is 6.42 Å². The van der Waals surface area contributed by atoms with Crippen LogP contribution in [-0.4, -0.2) is 61.7 Å². The minimum absolute atomic E-state index is 0.601. The molecule has 16 heavy (non-hydrogen) atoms. The zero-order valence-electron chi connectivity index (χ0n) is 10.5. The predicted molar refractivity (Wildman–Crippen MR) is 67.3 cm³/mol. The standard InChI is InChI=1S/C13H23N3/c1-3-4-5-6-12(14-2)13-11-15-7-9-16(13)10-8-15/h12-14H,5-11H2,1-2H3. The molecule has 0 amide bonds. The van der Waals surface area contributed by atoms with Gasteiger partial charge in [-0.15, -0.1) is 11.8 Å². The Morgan fingerprint density at radius 2 is 2.06 bits per heavy atom. The molecule has 2 bridgehead atoms. The SMILES string of the molecule is CC#CCCC(NC)C1CN2CCN1CC2. The zero-order valence-corrected chi connectivity index (χ0v) is 10.5. The molecule has 3 aliphatic heterocycles. The van der Waals surface area contributed by atoms with Crippen LogP contribution in [-0.2, 0) is 0 Å². The van der Waals surface area contributed by atoms with E-state index in [4.69, 9.17) is 0 Å². The van der Waals surface area contributed by atoms with Crippen molar-refractivity contribution in [3.05, 3.63) is 0 Å². The van der Waals surface area contributed by atoms with Gasteiger partial charge in [-0.2, -0.15) is 0 Å². The van der Waals surface area contributed by atoms with Gasteiger partial charge in [0.15, 0.2) is 0 Å². The third-order valence-electron chi connectivity index (χ3n) is 3.91. The topological polar surface area (TPSA) is 18.5 Å². The maximum Gasteiger partial charge on any atom is 0.0377 e. The van der Waals surface area contributed by atoms with E-state index < -0.39 is 0 Å². The van der Waals surface area contributed by atoms with Crippen LogP contribution in [0, 0.1) is 11.8 Å².